The molecule has 15 nitrogen and oxygen atoms in total. The number of hydrogen-bond acceptors (Lipinski definition) is 12. The first kappa shape index (κ1) is 38.0. The first-order valence-electron chi connectivity index (χ1n) is 17.2. The second-order valence-corrected chi connectivity index (χ2v) is 15.2. The summed E-state index contributed by atoms with van der Waals surface area (Å²) < 4.78 is 33.7. The van der Waals surface area contributed by atoms with E-state index in [-0.39, 0.29) is 59.0 Å². The lowest BCUT2D eigenvalue weighted by Crippen LogP contribution is -2.61. The molecule has 19 heteroatoms. The Hall–Kier alpha value is -6.34. The fourth-order valence-electron chi connectivity index (χ4n) is 6.26. The van der Waals surface area contributed by atoms with Crippen LogP contribution in [0.4, 0.5) is 25.0 Å². The highest BCUT2D eigenvalue weighted by Gasteiger charge is 2.36. The molecule has 0 unspecified atom stereocenters. The van der Waals surface area contributed by atoms with Gasteiger partial charge in [-0.25, -0.2) is 13.6 Å². The van der Waals surface area contributed by atoms with E-state index in [1.54, 1.807) is 42.9 Å². The number of fused-ring (bicyclic) bond motifs is 2. The van der Waals surface area contributed by atoms with Crippen LogP contribution >= 0.6 is 22.7 Å². The molecule has 1 saturated heterocycles. The second-order valence-electron chi connectivity index (χ2n) is 13.2. The molecule has 1 fully saturated rings. The van der Waals surface area contributed by atoms with Crippen molar-refractivity contribution in [2.75, 3.05) is 44.7 Å². The van der Waals surface area contributed by atoms with Crippen molar-refractivity contribution in [2.24, 2.45) is 0 Å². The maximum absolute atomic E-state index is 13.5. The quantitative estimate of drug-likeness (QED) is 0.155. The van der Waals surface area contributed by atoms with Gasteiger partial charge in [-0.05, 0) is 43.1 Å². The van der Waals surface area contributed by atoms with E-state index in [0.717, 1.165) is 40.4 Å². The first-order chi connectivity index (χ1) is 26.7. The summed E-state index contributed by atoms with van der Waals surface area (Å²) in [5.41, 5.74) is 16.6. The number of nitrogen functional groups attached to an aromatic ring is 2. The van der Waals surface area contributed by atoms with Gasteiger partial charge < -0.3 is 36.6 Å². The van der Waals surface area contributed by atoms with E-state index in [9.17, 15) is 28.0 Å². The van der Waals surface area contributed by atoms with Crippen LogP contribution in [0.15, 0.2) is 48.5 Å². The molecule has 4 amide bonds. The average Bonchev–Trinajstić information content (AvgIpc) is 3.67. The van der Waals surface area contributed by atoms with Gasteiger partial charge in [0.05, 0.1) is 22.8 Å². The van der Waals surface area contributed by atoms with E-state index in [4.69, 9.17) is 21.3 Å². The minimum Gasteiger partial charge on any atom is -0.410 e. The van der Waals surface area contributed by atoms with E-state index in [1.807, 2.05) is 19.9 Å². The Kier molecular flexibility index (Phi) is 10.2. The predicted molar refractivity (Wildman–Crippen MR) is 206 cm³/mol. The second kappa shape index (κ2) is 15.1. The number of aromatic nitrogens is 4. The van der Waals surface area contributed by atoms with Crippen LogP contribution < -0.4 is 31.5 Å². The Labute approximate surface area is 325 Å². The lowest BCUT2D eigenvalue weighted by Gasteiger charge is -2.38. The fourth-order valence-corrected chi connectivity index (χ4v) is 8.37. The Morgan fingerprint density at radius 2 is 1.59 bits per heavy atom. The molecular formula is C37H35F2N10O5S2+. The summed E-state index contributed by atoms with van der Waals surface area (Å²) in [4.78, 5) is 56.5. The third kappa shape index (κ3) is 7.13. The van der Waals surface area contributed by atoms with Gasteiger partial charge in [-0.15, -0.1) is 21.5 Å². The highest BCUT2D eigenvalue weighted by Crippen LogP contribution is 2.39. The average molecular weight is 802 g/mol. The van der Waals surface area contributed by atoms with Crippen molar-refractivity contribution in [2.45, 2.75) is 26.8 Å². The summed E-state index contributed by atoms with van der Waals surface area (Å²) in [5, 5.41) is 20.3. The molecule has 0 aliphatic carbocycles. The zero-order valence-electron chi connectivity index (χ0n) is 30.5. The Bertz CT molecular complexity index is 2560. The number of likely N-dealkylation sites (N-methyl/N-ethyl adjacent to an activating group) is 1. The number of likely N-dealkylation sites (tertiary alicyclic amines) is 1. The third-order valence-electron chi connectivity index (χ3n) is 9.32. The van der Waals surface area contributed by atoms with Crippen LogP contribution in [0.5, 0.6) is 5.75 Å². The summed E-state index contributed by atoms with van der Waals surface area (Å²) in [6.07, 6.45) is -0.820. The number of nitrogens with one attached hydrogen (secondary N) is 2. The van der Waals surface area contributed by atoms with Crippen molar-refractivity contribution in [1.29, 1.82) is 0 Å². The number of hydrogen-bond donors (Lipinski definition) is 4. The summed E-state index contributed by atoms with van der Waals surface area (Å²) >= 11 is 2.17. The van der Waals surface area contributed by atoms with Crippen LogP contribution in [0.2, 0.25) is 0 Å². The monoisotopic (exact) mass is 801 g/mol. The van der Waals surface area contributed by atoms with Crippen LogP contribution in [-0.2, 0) is 0 Å². The molecule has 56 heavy (non-hydrogen) atoms. The zero-order valence-corrected chi connectivity index (χ0v) is 32.1. The third-order valence-corrected chi connectivity index (χ3v) is 11.6. The van der Waals surface area contributed by atoms with E-state index in [0.29, 0.717) is 49.1 Å². The molecule has 1 aliphatic rings. The number of carbonyl (C=O) groups is 4. The molecule has 6 N–H and O–H groups in total. The van der Waals surface area contributed by atoms with Gasteiger partial charge in [0.1, 0.15) is 43.9 Å². The number of anilines is 2. The number of carbonyl (C=O) groups excluding carboxylic acids is 4. The number of benzene rings is 2. The molecule has 2 aromatic carbocycles. The molecule has 0 saturated carbocycles. The van der Waals surface area contributed by atoms with Crippen LogP contribution in [0.25, 0.3) is 26.1 Å². The van der Waals surface area contributed by atoms with Gasteiger partial charge in [0, 0.05) is 62.1 Å². The largest absolute Gasteiger partial charge is 0.415 e. The highest BCUT2D eigenvalue weighted by atomic mass is 32.1. The number of rotatable bonds is 9. The summed E-state index contributed by atoms with van der Waals surface area (Å²) in [7, 11) is 1.66. The maximum atomic E-state index is 13.5. The molecule has 5 heterocycles. The zero-order chi connectivity index (χ0) is 40.0. The molecule has 0 radical (unpaired) electrons. The first-order valence-corrected chi connectivity index (χ1v) is 18.8. The van der Waals surface area contributed by atoms with E-state index in [1.165, 1.54) is 9.80 Å². The Morgan fingerprint density at radius 1 is 0.929 bits per heavy atom. The van der Waals surface area contributed by atoms with Gasteiger partial charge >= 0.3 is 10.9 Å². The van der Waals surface area contributed by atoms with Crippen LogP contribution in [0, 0.1) is 32.4 Å². The van der Waals surface area contributed by atoms with Gasteiger partial charge in [0.25, 0.3) is 23.4 Å². The van der Waals surface area contributed by atoms with Gasteiger partial charge in [0.15, 0.2) is 4.83 Å². The van der Waals surface area contributed by atoms with Crippen molar-refractivity contribution in [3.05, 3.63) is 92.4 Å². The molecule has 1 aliphatic heterocycles. The molecule has 0 spiro atoms. The Balaban J connectivity index is 1.11. The maximum Gasteiger partial charge on any atom is 0.415 e. The van der Waals surface area contributed by atoms with Crippen LogP contribution in [0.1, 0.15) is 46.7 Å². The number of ether oxygens (including phenoxy) is 1. The van der Waals surface area contributed by atoms with E-state index < -0.39 is 35.6 Å². The minimum absolute atomic E-state index is 0.0932. The Morgan fingerprint density at radius 3 is 2.29 bits per heavy atom. The molecule has 288 valence electrons. The molecule has 7 rings (SSSR count). The number of halogens is 2. The molecule has 0 atom stereocenters. The molecule has 4 aromatic heterocycles. The van der Waals surface area contributed by atoms with E-state index in [2.05, 4.69) is 20.8 Å². The molecular weight excluding hydrogens is 767 g/mol. The van der Waals surface area contributed by atoms with Crippen molar-refractivity contribution in [1.82, 2.24) is 35.7 Å². The standard InChI is InChI=1S/C37H34F2N10O5S2/c1-17-18(2)46-49(36-25(17)27(40)30(56-36)32(50)42-10-11-47(4)35(52)20-8-6-5-7-9-20)29-19(3)44-45-34-26(29)28(41)31(55-34)33(51)43-23-15-48(16-23)37(53)54-24-13-21(38)12-22(39)14-24/h5-9,12-14,23H,10-11,15-16H2,1-4H3,(H5-,40,41,42,43,50,51)/p+1. The number of nitrogens with zero attached hydrogens (tertiary/aromatic N) is 6. The molecule has 6 aromatic rings. The fraction of sp³-hybridized carbons (Fsp3) is 0.243. The smallest absolute Gasteiger partial charge is 0.410 e. The van der Waals surface area contributed by atoms with Crippen molar-refractivity contribution >= 4 is 78.3 Å². The number of thiophene rings is 2. The SMILES string of the molecule is Cc1nnc2sc(C(=O)NC3CN(C(=O)Oc4cc(F)cc(F)c4)C3)c(N)c2c1-[n+]1nc(C)c(C)c2c(N)c(C(=O)NCCN(C)C(=O)c3ccccc3)sc21. The van der Waals surface area contributed by atoms with Gasteiger partial charge in [-0.2, -0.15) is 0 Å². The van der Waals surface area contributed by atoms with Crippen molar-refractivity contribution in [3.63, 3.8) is 0 Å². The number of aryl methyl sites for hydroxylation is 3. The lowest BCUT2D eigenvalue weighted by atomic mass is 10.1. The van der Waals surface area contributed by atoms with E-state index >= 15 is 0 Å². The normalized spacial score (nSPS) is 12.8. The van der Waals surface area contributed by atoms with Crippen molar-refractivity contribution in [3.8, 4) is 11.4 Å². The van der Waals surface area contributed by atoms with Crippen molar-refractivity contribution < 1.29 is 37.4 Å². The topological polar surface area (TPSA) is 203 Å². The lowest BCUT2D eigenvalue weighted by molar-refractivity contribution is -0.630. The van der Waals surface area contributed by atoms with Gasteiger partial charge in [-0.3, -0.25) is 14.4 Å². The van der Waals surface area contributed by atoms with Gasteiger partial charge in [-0.1, -0.05) is 29.5 Å². The number of amides is 4. The highest BCUT2D eigenvalue weighted by molar-refractivity contribution is 7.21. The number of nitrogens with two attached hydrogens (primary N) is 2. The van der Waals surface area contributed by atoms with Crippen LogP contribution in [0.3, 0.4) is 0 Å². The van der Waals surface area contributed by atoms with Gasteiger partial charge in [0.2, 0.25) is 0 Å². The molecule has 0 bridgehead atoms. The summed E-state index contributed by atoms with van der Waals surface area (Å²) in [6, 6.07) is 10.9. The summed E-state index contributed by atoms with van der Waals surface area (Å²) in [6.45, 7) is 6.04. The minimum atomic E-state index is -0.886. The summed E-state index contributed by atoms with van der Waals surface area (Å²) in [5.74, 6) is -3.14. The van der Waals surface area contributed by atoms with Crippen LogP contribution in [-0.4, -0.2) is 88.2 Å². The predicted octanol–water partition coefficient (Wildman–Crippen LogP) is 4.06.